The molecular weight excluding hydrogens is 389 g/mol. The Balaban J connectivity index is 1.39. The average Bonchev–Trinajstić information content (AvgIpc) is 2.79. The van der Waals surface area contributed by atoms with E-state index in [2.05, 4.69) is 11.8 Å². The van der Waals surface area contributed by atoms with E-state index >= 15 is 0 Å². The third-order valence-electron chi connectivity index (χ3n) is 5.50. The van der Waals surface area contributed by atoms with E-state index in [1.807, 2.05) is 48.5 Å². The Morgan fingerprint density at radius 2 is 1.45 bits per heavy atom. The van der Waals surface area contributed by atoms with Crippen LogP contribution in [0.4, 0.5) is 4.39 Å². The van der Waals surface area contributed by atoms with Crippen molar-refractivity contribution < 1.29 is 14.2 Å². The predicted molar refractivity (Wildman–Crippen MR) is 124 cm³/mol. The van der Waals surface area contributed by atoms with Gasteiger partial charge in [0.15, 0.2) is 11.6 Å². The highest BCUT2D eigenvalue weighted by molar-refractivity contribution is 5.30. The number of nitrogens with zero attached hydrogens (tertiary/aromatic N) is 1. The number of phenolic OH excluding ortho intramolecular Hbond substituents is 1. The van der Waals surface area contributed by atoms with Crippen molar-refractivity contribution in [1.82, 2.24) is 4.90 Å². The van der Waals surface area contributed by atoms with Crippen LogP contribution < -0.4 is 4.74 Å². The SMILES string of the molecule is CCN(CCCc1ccc(O)cc1)CCCc1ccc(OCc2ccccc2)c(F)c1. The highest BCUT2D eigenvalue weighted by Crippen LogP contribution is 2.20. The summed E-state index contributed by atoms with van der Waals surface area (Å²) in [5, 5.41) is 9.37. The van der Waals surface area contributed by atoms with Crippen LogP contribution in [0.15, 0.2) is 72.8 Å². The van der Waals surface area contributed by atoms with Crippen LogP contribution in [0.25, 0.3) is 0 Å². The largest absolute Gasteiger partial charge is 0.508 e. The minimum Gasteiger partial charge on any atom is -0.508 e. The minimum atomic E-state index is -0.297. The second-order valence-corrected chi connectivity index (χ2v) is 7.85. The maximum absolute atomic E-state index is 14.4. The van der Waals surface area contributed by atoms with Gasteiger partial charge in [-0.25, -0.2) is 4.39 Å². The van der Waals surface area contributed by atoms with E-state index in [0.29, 0.717) is 18.1 Å². The van der Waals surface area contributed by atoms with Crippen molar-refractivity contribution in [3.8, 4) is 11.5 Å². The molecule has 0 aliphatic carbocycles. The van der Waals surface area contributed by atoms with Gasteiger partial charge in [-0.1, -0.05) is 55.5 Å². The summed E-state index contributed by atoms with van der Waals surface area (Å²) in [5.74, 6) is 0.317. The van der Waals surface area contributed by atoms with Crippen molar-refractivity contribution in [2.24, 2.45) is 0 Å². The Kier molecular flexibility index (Phi) is 8.92. The molecule has 3 nitrogen and oxygen atoms in total. The van der Waals surface area contributed by atoms with Gasteiger partial charge in [-0.15, -0.1) is 0 Å². The predicted octanol–water partition coefficient (Wildman–Crippen LogP) is 6.00. The zero-order valence-electron chi connectivity index (χ0n) is 18.3. The van der Waals surface area contributed by atoms with Gasteiger partial charge >= 0.3 is 0 Å². The summed E-state index contributed by atoms with van der Waals surface area (Å²) in [6, 6.07) is 22.5. The van der Waals surface area contributed by atoms with Crippen LogP contribution in [-0.2, 0) is 19.4 Å². The highest BCUT2D eigenvalue weighted by Gasteiger charge is 2.07. The van der Waals surface area contributed by atoms with Gasteiger partial charge in [0.2, 0.25) is 0 Å². The van der Waals surface area contributed by atoms with E-state index < -0.39 is 0 Å². The number of hydrogen-bond donors (Lipinski definition) is 1. The number of halogens is 1. The summed E-state index contributed by atoms with van der Waals surface area (Å²) in [7, 11) is 0. The van der Waals surface area contributed by atoms with Crippen LogP contribution in [0.5, 0.6) is 11.5 Å². The molecule has 3 aromatic carbocycles. The molecule has 0 bridgehead atoms. The lowest BCUT2D eigenvalue weighted by Gasteiger charge is -2.20. The lowest BCUT2D eigenvalue weighted by atomic mass is 10.1. The third kappa shape index (κ3) is 7.72. The molecule has 1 N–H and O–H groups in total. The molecule has 0 spiro atoms. The van der Waals surface area contributed by atoms with Gasteiger partial charge in [0.05, 0.1) is 0 Å². The maximum atomic E-state index is 14.4. The molecule has 0 heterocycles. The zero-order valence-corrected chi connectivity index (χ0v) is 18.3. The molecule has 0 atom stereocenters. The van der Waals surface area contributed by atoms with Gasteiger partial charge in [0, 0.05) is 0 Å². The first-order valence-electron chi connectivity index (χ1n) is 11.1. The molecular formula is C27H32FNO2. The van der Waals surface area contributed by atoms with Gasteiger partial charge in [-0.05, 0) is 86.3 Å². The van der Waals surface area contributed by atoms with Crippen LogP contribution in [-0.4, -0.2) is 29.6 Å². The van der Waals surface area contributed by atoms with Crippen molar-refractivity contribution in [2.75, 3.05) is 19.6 Å². The Hall–Kier alpha value is -2.85. The Morgan fingerprint density at radius 3 is 2.10 bits per heavy atom. The number of hydrogen-bond acceptors (Lipinski definition) is 3. The number of aromatic hydroxyl groups is 1. The minimum absolute atomic E-state index is 0.297. The first-order chi connectivity index (χ1) is 15.1. The molecule has 0 saturated carbocycles. The van der Waals surface area contributed by atoms with Crippen LogP contribution in [0.3, 0.4) is 0 Å². The summed E-state index contributed by atoms with van der Waals surface area (Å²) >= 11 is 0. The van der Waals surface area contributed by atoms with Crippen molar-refractivity contribution >= 4 is 0 Å². The van der Waals surface area contributed by atoms with E-state index in [9.17, 15) is 9.50 Å². The number of aryl methyl sites for hydroxylation is 2. The molecule has 0 aliphatic rings. The lowest BCUT2D eigenvalue weighted by molar-refractivity contribution is 0.280. The maximum Gasteiger partial charge on any atom is 0.165 e. The fraction of sp³-hybridized carbons (Fsp3) is 0.333. The second-order valence-electron chi connectivity index (χ2n) is 7.85. The topological polar surface area (TPSA) is 32.7 Å². The zero-order chi connectivity index (χ0) is 21.9. The summed E-state index contributed by atoms with van der Waals surface area (Å²) in [4.78, 5) is 2.44. The number of benzene rings is 3. The standard InChI is InChI=1S/C27H32FNO2/c1-2-29(18-6-10-22-12-15-25(30)16-13-22)19-7-11-23-14-17-27(26(28)20-23)31-21-24-8-4-3-5-9-24/h3-5,8-9,12-17,20,30H,2,6-7,10-11,18-19,21H2,1H3. The molecule has 0 unspecified atom stereocenters. The normalized spacial score (nSPS) is 11.1. The molecule has 0 fully saturated rings. The fourth-order valence-electron chi connectivity index (χ4n) is 3.66. The molecule has 0 aliphatic heterocycles. The average molecular weight is 422 g/mol. The van der Waals surface area contributed by atoms with E-state index in [0.717, 1.165) is 56.4 Å². The van der Waals surface area contributed by atoms with Crippen molar-refractivity contribution in [1.29, 1.82) is 0 Å². The van der Waals surface area contributed by atoms with E-state index in [-0.39, 0.29) is 5.82 Å². The molecule has 0 amide bonds. The fourth-order valence-corrected chi connectivity index (χ4v) is 3.66. The molecule has 0 saturated heterocycles. The van der Waals surface area contributed by atoms with Gasteiger partial charge < -0.3 is 14.7 Å². The molecule has 0 aromatic heterocycles. The Morgan fingerprint density at radius 1 is 0.806 bits per heavy atom. The number of ether oxygens (including phenoxy) is 1. The van der Waals surface area contributed by atoms with Crippen molar-refractivity contribution in [3.63, 3.8) is 0 Å². The van der Waals surface area contributed by atoms with Crippen LogP contribution in [0.2, 0.25) is 0 Å². The number of phenols is 1. The molecule has 4 heteroatoms. The van der Waals surface area contributed by atoms with Crippen LogP contribution >= 0.6 is 0 Å². The monoisotopic (exact) mass is 421 g/mol. The molecule has 31 heavy (non-hydrogen) atoms. The molecule has 3 aromatic rings. The van der Waals surface area contributed by atoms with Crippen LogP contribution in [0.1, 0.15) is 36.5 Å². The summed E-state index contributed by atoms with van der Waals surface area (Å²) < 4.78 is 20.0. The van der Waals surface area contributed by atoms with Gasteiger partial charge in [0.1, 0.15) is 12.4 Å². The highest BCUT2D eigenvalue weighted by atomic mass is 19.1. The van der Waals surface area contributed by atoms with Gasteiger partial charge in [0.25, 0.3) is 0 Å². The summed E-state index contributed by atoms with van der Waals surface area (Å²) in [5.41, 5.74) is 3.28. The first kappa shape index (κ1) is 22.8. The first-order valence-corrected chi connectivity index (χ1v) is 11.1. The molecule has 0 radical (unpaired) electrons. The number of rotatable bonds is 12. The quantitative estimate of drug-likeness (QED) is 0.389. The van der Waals surface area contributed by atoms with Crippen molar-refractivity contribution in [2.45, 2.75) is 39.2 Å². The van der Waals surface area contributed by atoms with Crippen LogP contribution in [0, 0.1) is 5.82 Å². The Bertz CT molecular complexity index is 912. The molecule has 164 valence electrons. The second kappa shape index (κ2) is 12.1. The van der Waals surface area contributed by atoms with Gasteiger partial charge in [-0.3, -0.25) is 0 Å². The summed E-state index contributed by atoms with van der Waals surface area (Å²) in [6.45, 7) is 5.60. The van der Waals surface area contributed by atoms with E-state index in [1.54, 1.807) is 24.3 Å². The Labute approximate surface area is 185 Å². The summed E-state index contributed by atoms with van der Waals surface area (Å²) in [6.07, 6.45) is 3.94. The van der Waals surface area contributed by atoms with E-state index in [4.69, 9.17) is 4.74 Å². The van der Waals surface area contributed by atoms with E-state index in [1.165, 1.54) is 5.56 Å². The lowest BCUT2D eigenvalue weighted by Crippen LogP contribution is -2.26. The molecule has 3 rings (SSSR count). The van der Waals surface area contributed by atoms with Crippen molar-refractivity contribution in [3.05, 3.63) is 95.3 Å². The van der Waals surface area contributed by atoms with Gasteiger partial charge in [-0.2, -0.15) is 0 Å². The smallest absolute Gasteiger partial charge is 0.165 e. The third-order valence-corrected chi connectivity index (χ3v) is 5.50.